The third-order valence-corrected chi connectivity index (χ3v) is 5.51. The highest BCUT2D eigenvalue weighted by Gasteiger charge is 2.32. The summed E-state index contributed by atoms with van der Waals surface area (Å²) >= 11 is 0. The molecule has 0 N–H and O–H groups in total. The Kier molecular flexibility index (Phi) is 4.65. The fourth-order valence-electron chi connectivity index (χ4n) is 4.15. The van der Waals surface area contributed by atoms with E-state index in [-0.39, 0.29) is 6.10 Å². The van der Waals surface area contributed by atoms with Crippen LogP contribution < -0.4 is 4.90 Å². The molecule has 1 atom stereocenters. The molecule has 0 saturated heterocycles. The second kappa shape index (κ2) is 7.11. The van der Waals surface area contributed by atoms with Gasteiger partial charge in [-0.1, -0.05) is 68.4 Å². The highest BCUT2D eigenvalue weighted by atomic mass is 16.5. The minimum atomic E-state index is 0.217. The minimum Gasteiger partial charge on any atom is -0.493 e. The normalized spacial score (nSPS) is 19.4. The topological polar surface area (TPSA) is 12.5 Å². The van der Waals surface area contributed by atoms with Crippen molar-refractivity contribution in [3.05, 3.63) is 90.2 Å². The highest BCUT2D eigenvalue weighted by Crippen LogP contribution is 2.38. The molecule has 2 aliphatic rings. The van der Waals surface area contributed by atoms with Crippen molar-refractivity contribution in [3.63, 3.8) is 0 Å². The molecule has 2 aliphatic heterocycles. The van der Waals surface area contributed by atoms with Crippen LogP contribution in [-0.4, -0.2) is 13.6 Å². The number of hydrogen-bond donors (Lipinski definition) is 0. The van der Waals surface area contributed by atoms with Gasteiger partial charge in [0, 0.05) is 31.1 Å². The maximum atomic E-state index is 5.51. The van der Waals surface area contributed by atoms with E-state index in [2.05, 4.69) is 98.6 Å². The summed E-state index contributed by atoms with van der Waals surface area (Å²) in [6.45, 7) is 5.73. The van der Waals surface area contributed by atoms with Crippen LogP contribution in [0.1, 0.15) is 37.5 Å². The number of anilines is 1. The van der Waals surface area contributed by atoms with E-state index in [1.165, 1.54) is 27.6 Å². The van der Waals surface area contributed by atoms with E-state index in [1.54, 1.807) is 6.26 Å². The second-order valence-corrected chi connectivity index (χ2v) is 8.10. The van der Waals surface area contributed by atoms with Crippen molar-refractivity contribution in [2.24, 2.45) is 0 Å². The molecule has 0 aliphatic carbocycles. The van der Waals surface area contributed by atoms with Gasteiger partial charge in [0.2, 0.25) is 0 Å². The van der Waals surface area contributed by atoms with Crippen molar-refractivity contribution in [2.75, 3.05) is 18.5 Å². The molecule has 3 aromatic rings. The fraction of sp³-hybridized carbons (Fsp3) is 0.280. The smallest absolute Gasteiger partial charge is 0.126 e. The van der Waals surface area contributed by atoms with Gasteiger partial charge in [0.1, 0.15) is 6.10 Å². The Morgan fingerprint density at radius 2 is 1.67 bits per heavy atom. The molecule has 0 radical (unpaired) electrons. The summed E-state index contributed by atoms with van der Waals surface area (Å²) in [6, 6.07) is 23.6. The van der Waals surface area contributed by atoms with Crippen molar-refractivity contribution >= 4 is 16.5 Å². The number of hydrogen-bond acceptors (Lipinski definition) is 2. The van der Waals surface area contributed by atoms with Crippen LogP contribution in [0, 0.1) is 0 Å². The average molecular weight is 357 g/mol. The number of nitrogens with zero attached hydrogens (tertiary/aromatic N) is 1. The summed E-state index contributed by atoms with van der Waals surface area (Å²) in [5.74, 6) is 0. The first-order valence-electron chi connectivity index (χ1n) is 9.64. The summed E-state index contributed by atoms with van der Waals surface area (Å²) in [7, 11) is 2.16. The van der Waals surface area contributed by atoms with Crippen molar-refractivity contribution in [2.45, 2.75) is 31.8 Å². The van der Waals surface area contributed by atoms with Gasteiger partial charge in [0.25, 0.3) is 0 Å². The standard InChI is InChI=1S/C14H12O.C11H15N/c1-2-5-12-10-13(8-7-11(12)4-1)14-6-3-9-15-14;1-11(2)8-12(3)10-7-5-4-6-9(10)11/h1-5,7-10,14H,6H2;4-7H,8H2,1-3H3. The van der Waals surface area contributed by atoms with Crippen LogP contribution in [0.25, 0.3) is 10.8 Å². The van der Waals surface area contributed by atoms with Crippen LogP contribution in [0.15, 0.2) is 79.1 Å². The van der Waals surface area contributed by atoms with E-state index >= 15 is 0 Å². The van der Waals surface area contributed by atoms with Crippen LogP contribution >= 0.6 is 0 Å². The van der Waals surface area contributed by atoms with Gasteiger partial charge < -0.3 is 9.64 Å². The Hall–Kier alpha value is -2.74. The van der Waals surface area contributed by atoms with E-state index in [4.69, 9.17) is 4.74 Å². The molecule has 2 heterocycles. The number of ether oxygens (including phenoxy) is 1. The quantitative estimate of drug-likeness (QED) is 0.512. The fourth-order valence-corrected chi connectivity index (χ4v) is 4.15. The second-order valence-electron chi connectivity index (χ2n) is 8.10. The predicted molar refractivity (Wildman–Crippen MR) is 114 cm³/mol. The zero-order valence-electron chi connectivity index (χ0n) is 16.4. The van der Waals surface area contributed by atoms with Gasteiger partial charge in [0.05, 0.1) is 6.26 Å². The summed E-state index contributed by atoms with van der Waals surface area (Å²) in [5.41, 5.74) is 4.46. The number of para-hydroxylation sites is 1. The van der Waals surface area contributed by atoms with Gasteiger partial charge in [-0.05, 0) is 40.1 Å². The molecule has 0 saturated carbocycles. The molecule has 5 rings (SSSR count). The molecule has 0 aromatic heterocycles. The third kappa shape index (κ3) is 3.57. The lowest BCUT2D eigenvalue weighted by Crippen LogP contribution is -2.24. The Labute approximate surface area is 162 Å². The van der Waals surface area contributed by atoms with Crippen LogP contribution in [-0.2, 0) is 10.2 Å². The number of likely N-dealkylation sites (N-methyl/N-ethyl adjacent to an activating group) is 1. The minimum absolute atomic E-state index is 0.217. The van der Waals surface area contributed by atoms with Gasteiger partial charge in [-0.25, -0.2) is 0 Å². The van der Waals surface area contributed by atoms with Gasteiger partial charge in [-0.2, -0.15) is 0 Å². The third-order valence-electron chi connectivity index (χ3n) is 5.51. The lowest BCUT2D eigenvalue weighted by atomic mass is 9.87. The molecule has 0 bridgehead atoms. The lowest BCUT2D eigenvalue weighted by molar-refractivity contribution is 0.173. The van der Waals surface area contributed by atoms with Gasteiger partial charge >= 0.3 is 0 Å². The summed E-state index contributed by atoms with van der Waals surface area (Å²) < 4.78 is 5.51. The van der Waals surface area contributed by atoms with Crippen molar-refractivity contribution < 1.29 is 4.74 Å². The molecular formula is C25H27NO. The van der Waals surface area contributed by atoms with E-state index in [1.807, 2.05) is 0 Å². The SMILES string of the molecule is C1=COC(c2ccc3ccccc3c2)C1.CN1CC(C)(C)c2ccccc21. The van der Waals surface area contributed by atoms with E-state index in [9.17, 15) is 0 Å². The maximum absolute atomic E-state index is 5.51. The molecule has 3 aromatic carbocycles. The van der Waals surface area contributed by atoms with E-state index in [0.717, 1.165) is 13.0 Å². The first-order chi connectivity index (χ1) is 13.0. The van der Waals surface area contributed by atoms with Crippen LogP contribution in [0.5, 0.6) is 0 Å². The molecule has 138 valence electrons. The summed E-state index contributed by atoms with van der Waals surface area (Å²) in [5, 5.41) is 2.57. The Bertz CT molecular complexity index is 965. The van der Waals surface area contributed by atoms with Crippen molar-refractivity contribution in [1.29, 1.82) is 0 Å². The van der Waals surface area contributed by atoms with Crippen LogP contribution in [0.3, 0.4) is 0 Å². The highest BCUT2D eigenvalue weighted by molar-refractivity contribution is 5.83. The van der Waals surface area contributed by atoms with Gasteiger partial charge in [-0.3, -0.25) is 0 Å². The first kappa shape index (κ1) is 17.7. The van der Waals surface area contributed by atoms with Crippen LogP contribution in [0.2, 0.25) is 0 Å². The number of fused-ring (bicyclic) bond motifs is 2. The molecule has 0 spiro atoms. The molecule has 2 heteroatoms. The average Bonchev–Trinajstić information content (AvgIpc) is 3.29. The molecule has 0 fully saturated rings. The summed E-state index contributed by atoms with van der Waals surface area (Å²) in [6.07, 6.45) is 5.06. The molecule has 1 unspecified atom stereocenters. The van der Waals surface area contributed by atoms with Crippen LogP contribution in [0.4, 0.5) is 5.69 Å². The van der Waals surface area contributed by atoms with Gasteiger partial charge in [0.15, 0.2) is 0 Å². The first-order valence-corrected chi connectivity index (χ1v) is 9.64. The molecule has 0 amide bonds. The molecule has 27 heavy (non-hydrogen) atoms. The zero-order valence-corrected chi connectivity index (χ0v) is 16.4. The number of rotatable bonds is 1. The Morgan fingerprint density at radius 3 is 2.41 bits per heavy atom. The van der Waals surface area contributed by atoms with Crippen molar-refractivity contribution in [3.8, 4) is 0 Å². The Morgan fingerprint density at radius 1 is 0.926 bits per heavy atom. The van der Waals surface area contributed by atoms with E-state index < -0.39 is 0 Å². The van der Waals surface area contributed by atoms with E-state index in [0.29, 0.717) is 5.41 Å². The monoisotopic (exact) mass is 357 g/mol. The number of benzene rings is 3. The zero-order chi connectivity index (χ0) is 18.9. The lowest BCUT2D eigenvalue weighted by Gasteiger charge is -2.18. The molecular weight excluding hydrogens is 330 g/mol. The largest absolute Gasteiger partial charge is 0.493 e. The predicted octanol–water partition coefficient (Wildman–Crippen LogP) is 6.23. The molecule has 2 nitrogen and oxygen atoms in total. The van der Waals surface area contributed by atoms with Crippen molar-refractivity contribution in [1.82, 2.24) is 0 Å². The maximum Gasteiger partial charge on any atom is 0.126 e. The van der Waals surface area contributed by atoms with Gasteiger partial charge in [-0.15, -0.1) is 0 Å². The summed E-state index contributed by atoms with van der Waals surface area (Å²) in [4.78, 5) is 2.33. The Balaban J connectivity index is 0.000000137.